The molecule has 1 aromatic rings. The second kappa shape index (κ2) is 3.29. The number of rotatable bonds is 2. The number of hydrogen-bond donors (Lipinski definition) is 1. The van der Waals surface area contributed by atoms with Gasteiger partial charge >= 0.3 is 5.99 Å². The first-order valence-corrected chi connectivity index (χ1v) is 5.19. The highest BCUT2D eigenvalue weighted by atomic mass is 32.2. The second-order valence-corrected chi connectivity index (χ2v) is 4.53. The van der Waals surface area contributed by atoms with E-state index in [1.165, 1.54) is 0 Å². The summed E-state index contributed by atoms with van der Waals surface area (Å²) in [5.41, 5.74) is 0.722. The Hall–Kier alpha value is -0.805. The molecule has 1 aromatic carbocycles. The molecule has 0 bridgehead atoms. The fourth-order valence-electron chi connectivity index (χ4n) is 0.914. The van der Waals surface area contributed by atoms with Crippen LogP contribution in [0.1, 0.15) is 0 Å². The van der Waals surface area contributed by atoms with Gasteiger partial charge in [-0.3, -0.25) is 0 Å². The smallest absolute Gasteiger partial charge is 0.238 e. The van der Waals surface area contributed by atoms with Crippen molar-refractivity contribution in [2.24, 2.45) is 5.14 Å². The Morgan fingerprint density at radius 2 is 1.75 bits per heavy atom. The molecule has 3 nitrogen and oxygen atoms in total. The molecule has 5 heteroatoms. The van der Waals surface area contributed by atoms with Gasteiger partial charge in [-0.2, -0.15) is 0 Å². The van der Waals surface area contributed by atoms with Gasteiger partial charge in [0.2, 0.25) is 0 Å². The van der Waals surface area contributed by atoms with Crippen LogP contribution in [0.5, 0.6) is 0 Å². The molecule has 0 aromatic heterocycles. The van der Waals surface area contributed by atoms with Crippen molar-refractivity contribution < 1.29 is 8.42 Å². The van der Waals surface area contributed by atoms with Crippen molar-refractivity contribution in [2.45, 2.75) is 6.82 Å². The van der Waals surface area contributed by atoms with E-state index in [4.69, 9.17) is 5.14 Å². The number of nitrogens with two attached hydrogens (primary N) is 1. The predicted molar refractivity (Wildman–Crippen MR) is 50.8 cm³/mol. The van der Waals surface area contributed by atoms with Crippen molar-refractivity contribution in [1.82, 2.24) is 0 Å². The van der Waals surface area contributed by atoms with Gasteiger partial charge in [0.05, 0.1) is 0 Å². The largest absolute Gasteiger partial charge is 0.339 e. The summed E-state index contributed by atoms with van der Waals surface area (Å²) in [7, 11) is -3.46. The van der Waals surface area contributed by atoms with Gasteiger partial charge in [0, 0.05) is 0 Å². The molecular weight excluding hydrogens is 173 g/mol. The number of hydrogen-bond acceptors (Lipinski definition) is 2. The molecule has 0 radical (unpaired) electrons. The van der Waals surface area contributed by atoms with Gasteiger partial charge in [-0.05, 0) is 0 Å². The van der Waals surface area contributed by atoms with Crippen LogP contribution in [0.15, 0.2) is 30.3 Å². The molecule has 0 aliphatic heterocycles. The molecule has 0 saturated heterocycles. The molecule has 0 saturated carbocycles. The summed E-state index contributed by atoms with van der Waals surface area (Å²) in [4.78, 5) is 0. The van der Waals surface area contributed by atoms with E-state index in [9.17, 15) is 8.42 Å². The first-order chi connectivity index (χ1) is 5.52. The Kier molecular flexibility index (Phi) is 2.54. The van der Waals surface area contributed by atoms with Crippen LogP contribution in [-0.4, -0.2) is 14.4 Å². The standard InChI is InChI=1S/C7H10BNO2S/c1-8(12(9,10)11)7-5-3-2-4-6-7/h2-6H,1H3,(H2,9,10,11). The van der Waals surface area contributed by atoms with E-state index in [0.29, 0.717) is 0 Å². The molecule has 0 aliphatic rings. The van der Waals surface area contributed by atoms with Crippen LogP contribution >= 0.6 is 0 Å². The minimum atomic E-state index is -3.46. The zero-order chi connectivity index (χ0) is 9.19. The van der Waals surface area contributed by atoms with E-state index in [0.717, 1.165) is 5.46 Å². The summed E-state index contributed by atoms with van der Waals surface area (Å²) in [6, 6.07) is 8.90. The highest BCUT2D eigenvalue weighted by Crippen LogP contribution is 1.92. The van der Waals surface area contributed by atoms with E-state index in [1.54, 1.807) is 31.1 Å². The van der Waals surface area contributed by atoms with Crippen molar-refractivity contribution in [3.05, 3.63) is 30.3 Å². The van der Waals surface area contributed by atoms with E-state index < -0.39 is 15.9 Å². The van der Waals surface area contributed by atoms with Gasteiger partial charge in [0.25, 0.3) is 0 Å². The Balaban J connectivity index is 3.02. The average molecular weight is 183 g/mol. The third-order valence-corrected chi connectivity index (χ3v) is 3.02. The van der Waals surface area contributed by atoms with Gasteiger partial charge in [-0.15, -0.1) is 0 Å². The molecule has 0 amide bonds. The lowest BCUT2D eigenvalue weighted by atomic mass is 9.71. The maximum atomic E-state index is 10.9. The van der Waals surface area contributed by atoms with Crippen molar-refractivity contribution in [2.75, 3.05) is 0 Å². The predicted octanol–water partition coefficient (Wildman–Crippen LogP) is -0.197. The lowest BCUT2D eigenvalue weighted by Crippen LogP contribution is -2.40. The molecule has 0 aliphatic carbocycles. The van der Waals surface area contributed by atoms with E-state index in [-0.39, 0.29) is 0 Å². The summed E-state index contributed by atoms with van der Waals surface area (Å²) in [6.07, 6.45) is 0. The average Bonchev–Trinajstić information content (AvgIpc) is 2.03. The lowest BCUT2D eigenvalue weighted by molar-refractivity contribution is 0.610. The normalized spacial score (nSPS) is 11.2. The zero-order valence-corrected chi connectivity index (χ0v) is 7.58. The van der Waals surface area contributed by atoms with Crippen molar-refractivity contribution in [3.63, 3.8) is 0 Å². The summed E-state index contributed by atoms with van der Waals surface area (Å²) in [6.45, 7) is 1.57. The molecule has 0 atom stereocenters. The van der Waals surface area contributed by atoms with Crippen molar-refractivity contribution >= 4 is 21.3 Å². The maximum Gasteiger partial charge on any atom is 0.339 e. The summed E-state index contributed by atoms with van der Waals surface area (Å²) in [5.74, 6) is -0.626. The molecular formula is C7H10BNO2S. The van der Waals surface area contributed by atoms with Gasteiger partial charge in [-0.1, -0.05) is 42.6 Å². The monoisotopic (exact) mass is 183 g/mol. The van der Waals surface area contributed by atoms with Crippen LogP contribution in [0.25, 0.3) is 0 Å². The van der Waals surface area contributed by atoms with Crippen LogP contribution in [-0.2, 0) is 9.87 Å². The Bertz CT molecular complexity index is 349. The fraction of sp³-hybridized carbons (Fsp3) is 0.143. The van der Waals surface area contributed by atoms with E-state index in [2.05, 4.69) is 0 Å². The Morgan fingerprint density at radius 3 is 2.17 bits per heavy atom. The first kappa shape index (κ1) is 9.28. The highest BCUT2D eigenvalue weighted by molar-refractivity contribution is 8.18. The summed E-state index contributed by atoms with van der Waals surface area (Å²) < 4.78 is 21.8. The van der Waals surface area contributed by atoms with Crippen LogP contribution in [0.2, 0.25) is 6.82 Å². The molecule has 0 heterocycles. The zero-order valence-electron chi connectivity index (χ0n) is 6.77. The second-order valence-electron chi connectivity index (χ2n) is 2.64. The Labute approximate surface area is 72.6 Å². The Morgan fingerprint density at radius 1 is 1.25 bits per heavy atom. The quantitative estimate of drug-likeness (QED) is 0.645. The maximum absolute atomic E-state index is 10.9. The van der Waals surface area contributed by atoms with Crippen LogP contribution < -0.4 is 10.6 Å². The van der Waals surface area contributed by atoms with Gasteiger partial charge < -0.3 is 0 Å². The van der Waals surface area contributed by atoms with Gasteiger partial charge in [-0.25, -0.2) is 13.6 Å². The minimum Gasteiger partial charge on any atom is -0.238 e. The topological polar surface area (TPSA) is 60.2 Å². The fourth-order valence-corrected chi connectivity index (χ4v) is 1.45. The van der Waals surface area contributed by atoms with Gasteiger partial charge in [0.15, 0.2) is 9.87 Å². The molecule has 0 unspecified atom stereocenters. The van der Waals surface area contributed by atoms with Crippen LogP contribution in [0.4, 0.5) is 0 Å². The highest BCUT2D eigenvalue weighted by Gasteiger charge is 2.22. The molecule has 1 rings (SSSR count). The molecule has 12 heavy (non-hydrogen) atoms. The van der Waals surface area contributed by atoms with Crippen molar-refractivity contribution in [3.8, 4) is 0 Å². The van der Waals surface area contributed by atoms with Gasteiger partial charge in [0.1, 0.15) is 0 Å². The van der Waals surface area contributed by atoms with Crippen molar-refractivity contribution in [1.29, 1.82) is 0 Å². The third-order valence-electron chi connectivity index (χ3n) is 1.76. The number of benzene rings is 1. The molecule has 64 valence electrons. The summed E-state index contributed by atoms with van der Waals surface area (Å²) in [5, 5.41) is 4.98. The van der Waals surface area contributed by atoms with E-state index >= 15 is 0 Å². The van der Waals surface area contributed by atoms with Crippen LogP contribution in [0.3, 0.4) is 0 Å². The van der Waals surface area contributed by atoms with E-state index in [1.807, 2.05) is 6.07 Å². The first-order valence-electron chi connectivity index (χ1n) is 3.58. The molecule has 0 fully saturated rings. The lowest BCUT2D eigenvalue weighted by Gasteiger charge is -2.03. The minimum absolute atomic E-state index is 0.626. The summed E-state index contributed by atoms with van der Waals surface area (Å²) >= 11 is 0. The molecule has 2 N–H and O–H groups in total. The van der Waals surface area contributed by atoms with Crippen LogP contribution in [0, 0.1) is 0 Å². The molecule has 0 spiro atoms. The third kappa shape index (κ3) is 2.09. The SMILES string of the molecule is CB(c1ccccc1)S(N)(=O)=O.